The number of hydrogen-bond acceptors (Lipinski definition) is 4. The molecular weight excluding hydrogens is 335 g/mol. The number of nitrogens with two attached hydrogens (primary N) is 1. The third-order valence-electron chi connectivity index (χ3n) is 2.71. The van der Waals surface area contributed by atoms with E-state index in [1.165, 1.54) is 31.4 Å². The molecule has 21 heavy (non-hydrogen) atoms. The standard InChI is InChI=1S/C13H12Cl2N2O3S/c1-20-12-6-5-8(7-10(12)16)21(18,19)17-11-4-2-3-9(14)13(11)15/h2-7,17H,16H2,1H3. The van der Waals surface area contributed by atoms with Crippen molar-refractivity contribution in [3.8, 4) is 5.75 Å². The van der Waals surface area contributed by atoms with Gasteiger partial charge in [-0.3, -0.25) is 4.72 Å². The van der Waals surface area contributed by atoms with Crippen LogP contribution in [0.2, 0.25) is 10.0 Å². The van der Waals surface area contributed by atoms with Gasteiger partial charge in [-0.05, 0) is 30.3 Å². The Morgan fingerprint density at radius 2 is 1.90 bits per heavy atom. The molecule has 0 atom stereocenters. The number of ether oxygens (including phenoxy) is 1. The number of halogens is 2. The molecule has 112 valence electrons. The van der Waals surface area contributed by atoms with Crippen molar-refractivity contribution in [3.63, 3.8) is 0 Å². The minimum Gasteiger partial charge on any atom is -0.495 e. The van der Waals surface area contributed by atoms with E-state index < -0.39 is 10.0 Å². The van der Waals surface area contributed by atoms with Gasteiger partial charge in [-0.25, -0.2) is 8.42 Å². The van der Waals surface area contributed by atoms with E-state index in [1.54, 1.807) is 12.1 Å². The fourth-order valence-electron chi connectivity index (χ4n) is 1.67. The number of nitrogen functional groups attached to an aromatic ring is 1. The average Bonchev–Trinajstić information content (AvgIpc) is 2.43. The lowest BCUT2D eigenvalue weighted by Crippen LogP contribution is -2.13. The molecule has 0 radical (unpaired) electrons. The highest BCUT2D eigenvalue weighted by molar-refractivity contribution is 7.92. The first kappa shape index (κ1) is 15.8. The summed E-state index contributed by atoms with van der Waals surface area (Å²) in [6, 6.07) is 8.83. The highest BCUT2D eigenvalue weighted by Gasteiger charge is 2.18. The molecule has 0 heterocycles. The smallest absolute Gasteiger partial charge is 0.262 e. The number of anilines is 2. The molecule has 0 unspecified atom stereocenters. The Bertz CT molecular complexity index is 779. The van der Waals surface area contributed by atoms with Crippen LogP contribution in [0.25, 0.3) is 0 Å². The predicted octanol–water partition coefficient (Wildman–Crippen LogP) is 3.39. The molecule has 0 saturated heterocycles. The topological polar surface area (TPSA) is 81.4 Å². The lowest BCUT2D eigenvalue weighted by molar-refractivity contribution is 0.416. The monoisotopic (exact) mass is 346 g/mol. The number of methoxy groups -OCH3 is 1. The van der Waals surface area contributed by atoms with Gasteiger partial charge in [-0.1, -0.05) is 29.3 Å². The third kappa shape index (κ3) is 3.34. The largest absolute Gasteiger partial charge is 0.495 e. The first-order valence-corrected chi connectivity index (χ1v) is 7.99. The molecule has 0 saturated carbocycles. The first-order valence-electron chi connectivity index (χ1n) is 5.75. The summed E-state index contributed by atoms with van der Waals surface area (Å²) in [7, 11) is -2.38. The van der Waals surface area contributed by atoms with Gasteiger partial charge in [0, 0.05) is 0 Å². The van der Waals surface area contributed by atoms with E-state index in [4.69, 9.17) is 33.7 Å². The maximum absolute atomic E-state index is 12.3. The summed E-state index contributed by atoms with van der Waals surface area (Å²) in [5.74, 6) is 0.398. The number of benzene rings is 2. The minimum atomic E-state index is -3.83. The fraction of sp³-hybridized carbons (Fsp3) is 0.0769. The maximum atomic E-state index is 12.3. The van der Waals surface area contributed by atoms with E-state index in [0.29, 0.717) is 5.75 Å². The van der Waals surface area contributed by atoms with E-state index in [1.807, 2.05) is 0 Å². The van der Waals surface area contributed by atoms with Gasteiger partial charge in [-0.2, -0.15) is 0 Å². The second kappa shape index (κ2) is 6.01. The lowest BCUT2D eigenvalue weighted by atomic mass is 10.3. The molecule has 8 heteroatoms. The van der Waals surface area contributed by atoms with E-state index in [9.17, 15) is 8.42 Å². The number of rotatable bonds is 4. The number of hydrogen-bond donors (Lipinski definition) is 2. The molecule has 0 aromatic heterocycles. The Kier molecular flexibility index (Phi) is 4.51. The Balaban J connectivity index is 2.39. The molecule has 0 aliphatic carbocycles. The summed E-state index contributed by atoms with van der Waals surface area (Å²) in [4.78, 5) is -0.00292. The van der Waals surface area contributed by atoms with E-state index >= 15 is 0 Å². The maximum Gasteiger partial charge on any atom is 0.262 e. The molecule has 0 fully saturated rings. The summed E-state index contributed by atoms with van der Waals surface area (Å²) >= 11 is 11.8. The first-order chi connectivity index (χ1) is 9.85. The van der Waals surface area contributed by atoms with Gasteiger partial charge in [0.1, 0.15) is 5.75 Å². The zero-order valence-corrected chi connectivity index (χ0v) is 13.3. The van der Waals surface area contributed by atoms with Crippen LogP contribution in [0.3, 0.4) is 0 Å². The van der Waals surface area contributed by atoms with Crippen LogP contribution in [0, 0.1) is 0 Å². The second-order valence-electron chi connectivity index (χ2n) is 4.11. The highest BCUT2D eigenvalue weighted by Crippen LogP contribution is 2.32. The van der Waals surface area contributed by atoms with Crippen molar-refractivity contribution in [1.82, 2.24) is 0 Å². The Hall–Kier alpha value is -1.63. The van der Waals surface area contributed by atoms with Gasteiger partial charge in [0.2, 0.25) is 0 Å². The van der Waals surface area contributed by atoms with E-state index in [0.717, 1.165) is 0 Å². The van der Waals surface area contributed by atoms with E-state index in [-0.39, 0.29) is 26.3 Å². The van der Waals surface area contributed by atoms with Crippen molar-refractivity contribution in [2.24, 2.45) is 0 Å². The predicted molar refractivity (Wildman–Crippen MR) is 84.7 cm³/mol. The van der Waals surface area contributed by atoms with Crippen molar-refractivity contribution < 1.29 is 13.2 Å². The summed E-state index contributed by atoms with van der Waals surface area (Å²) in [5.41, 5.74) is 6.12. The summed E-state index contributed by atoms with van der Waals surface area (Å²) in [6.07, 6.45) is 0. The molecule has 0 bridgehead atoms. The van der Waals surface area contributed by atoms with Crippen LogP contribution >= 0.6 is 23.2 Å². The molecule has 0 spiro atoms. The third-order valence-corrected chi connectivity index (χ3v) is 4.89. The molecule has 5 nitrogen and oxygen atoms in total. The molecule has 3 N–H and O–H groups in total. The van der Waals surface area contributed by atoms with Crippen LogP contribution in [-0.2, 0) is 10.0 Å². The zero-order valence-electron chi connectivity index (χ0n) is 10.9. The van der Waals surface area contributed by atoms with Crippen LogP contribution in [-0.4, -0.2) is 15.5 Å². The summed E-state index contributed by atoms with van der Waals surface area (Å²) < 4.78 is 32.0. The lowest BCUT2D eigenvalue weighted by Gasteiger charge is -2.12. The Morgan fingerprint density at radius 1 is 1.19 bits per heavy atom. The van der Waals surface area contributed by atoms with Gasteiger partial charge >= 0.3 is 0 Å². The number of sulfonamides is 1. The SMILES string of the molecule is COc1ccc(S(=O)(=O)Nc2cccc(Cl)c2Cl)cc1N. The molecular formula is C13H12Cl2N2O3S. The average molecular weight is 347 g/mol. The van der Waals surface area contributed by atoms with Gasteiger partial charge in [0.15, 0.2) is 0 Å². The van der Waals surface area contributed by atoms with Crippen molar-refractivity contribution in [2.75, 3.05) is 17.6 Å². The van der Waals surface area contributed by atoms with Crippen LogP contribution in [0.4, 0.5) is 11.4 Å². The van der Waals surface area contributed by atoms with Gasteiger partial charge in [0.25, 0.3) is 10.0 Å². The minimum absolute atomic E-state index is 0.00292. The molecule has 0 amide bonds. The van der Waals surface area contributed by atoms with Crippen molar-refractivity contribution in [2.45, 2.75) is 4.90 Å². The van der Waals surface area contributed by atoms with Crippen molar-refractivity contribution in [1.29, 1.82) is 0 Å². The molecule has 2 rings (SSSR count). The van der Waals surface area contributed by atoms with Crippen molar-refractivity contribution >= 4 is 44.6 Å². The zero-order chi connectivity index (χ0) is 15.6. The summed E-state index contributed by atoms with van der Waals surface area (Å²) in [6.45, 7) is 0. The van der Waals surface area contributed by atoms with Crippen LogP contribution in [0.1, 0.15) is 0 Å². The van der Waals surface area contributed by atoms with Crippen LogP contribution in [0.5, 0.6) is 5.75 Å². The highest BCUT2D eigenvalue weighted by atomic mass is 35.5. The molecule has 2 aromatic carbocycles. The van der Waals surface area contributed by atoms with Crippen LogP contribution in [0.15, 0.2) is 41.3 Å². The van der Waals surface area contributed by atoms with Gasteiger partial charge in [0.05, 0.1) is 33.4 Å². The number of nitrogens with one attached hydrogen (secondary N) is 1. The van der Waals surface area contributed by atoms with Gasteiger partial charge in [-0.15, -0.1) is 0 Å². The summed E-state index contributed by atoms with van der Waals surface area (Å²) in [5, 5.41) is 0.385. The Labute approximate surface area is 132 Å². The molecule has 2 aromatic rings. The fourth-order valence-corrected chi connectivity index (χ4v) is 3.18. The van der Waals surface area contributed by atoms with E-state index in [2.05, 4.69) is 4.72 Å². The quantitative estimate of drug-likeness (QED) is 0.831. The normalized spacial score (nSPS) is 11.2. The Morgan fingerprint density at radius 3 is 2.52 bits per heavy atom. The van der Waals surface area contributed by atoms with Gasteiger partial charge < -0.3 is 10.5 Å². The molecule has 0 aliphatic rings. The van der Waals surface area contributed by atoms with Crippen LogP contribution < -0.4 is 15.2 Å². The second-order valence-corrected chi connectivity index (χ2v) is 6.58. The van der Waals surface area contributed by atoms with Crippen molar-refractivity contribution in [3.05, 3.63) is 46.4 Å². The molecule has 0 aliphatic heterocycles.